The second kappa shape index (κ2) is 6.25. The van der Waals surface area contributed by atoms with Gasteiger partial charge in [-0.05, 0) is 48.7 Å². The van der Waals surface area contributed by atoms with Crippen LogP contribution in [0.15, 0.2) is 36.4 Å². The summed E-state index contributed by atoms with van der Waals surface area (Å²) >= 11 is 11.1. The molecule has 2 nitrogen and oxygen atoms in total. The van der Waals surface area contributed by atoms with Crippen molar-refractivity contribution < 1.29 is 4.74 Å². The van der Waals surface area contributed by atoms with Crippen molar-refractivity contribution in [3.63, 3.8) is 0 Å². The van der Waals surface area contributed by atoms with Gasteiger partial charge in [0.05, 0.1) is 5.02 Å². The highest BCUT2D eigenvalue weighted by Crippen LogP contribution is 2.26. The van der Waals surface area contributed by atoms with E-state index in [4.69, 9.17) is 34.3 Å². The topological polar surface area (TPSA) is 35.2 Å². The summed E-state index contributed by atoms with van der Waals surface area (Å²) in [5.74, 6) is 0.699. The van der Waals surface area contributed by atoms with Crippen molar-refractivity contribution in [3.05, 3.63) is 63.7 Å². The molecule has 0 fully saturated rings. The molecule has 0 unspecified atom stereocenters. The van der Waals surface area contributed by atoms with Gasteiger partial charge in [-0.3, -0.25) is 0 Å². The average molecular weight is 306 g/mol. The number of thiocarbonyl (C=S) groups is 1. The van der Waals surface area contributed by atoms with Crippen LogP contribution in [-0.2, 0) is 6.61 Å². The summed E-state index contributed by atoms with van der Waals surface area (Å²) in [7, 11) is 0. The van der Waals surface area contributed by atoms with Crippen LogP contribution in [0.4, 0.5) is 0 Å². The summed E-state index contributed by atoms with van der Waals surface area (Å²) in [5, 5.41) is 0.619. The maximum atomic E-state index is 6.11. The van der Waals surface area contributed by atoms with E-state index in [0.717, 1.165) is 22.3 Å². The van der Waals surface area contributed by atoms with Crippen molar-refractivity contribution in [2.75, 3.05) is 0 Å². The van der Waals surface area contributed by atoms with Crippen LogP contribution in [0.3, 0.4) is 0 Å². The van der Waals surface area contributed by atoms with Gasteiger partial charge in [0.1, 0.15) is 17.3 Å². The maximum absolute atomic E-state index is 6.11. The molecule has 0 aliphatic rings. The fraction of sp³-hybridized carbons (Fsp3) is 0.188. The van der Waals surface area contributed by atoms with Crippen LogP contribution in [-0.4, -0.2) is 4.99 Å². The summed E-state index contributed by atoms with van der Waals surface area (Å²) < 4.78 is 5.79. The minimum atomic E-state index is 0.405. The zero-order valence-corrected chi connectivity index (χ0v) is 13.0. The number of halogens is 1. The van der Waals surface area contributed by atoms with E-state index in [-0.39, 0.29) is 0 Å². The van der Waals surface area contributed by atoms with Gasteiger partial charge in [0.15, 0.2) is 0 Å². The predicted octanol–water partition coefficient (Wildman–Crippen LogP) is 4.17. The van der Waals surface area contributed by atoms with Crippen LogP contribution >= 0.6 is 23.8 Å². The van der Waals surface area contributed by atoms with E-state index in [2.05, 4.69) is 0 Å². The van der Waals surface area contributed by atoms with E-state index in [1.54, 1.807) is 0 Å². The van der Waals surface area contributed by atoms with E-state index in [1.165, 1.54) is 0 Å². The van der Waals surface area contributed by atoms with Gasteiger partial charge in [0.2, 0.25) is 0 Å². The van der Waals surface area contributed by atoms with Crippen LogP contribution in [0.5, 0.6) is 5.75 Å². The minimum Gasteiger partial charge on any atom is -0.487 e. The highest BCUT2D eigenvalue weighted by Gasteiger charge is 2.05. The Morgan fingerprint density at radius 2 is 1.95 bits per heavy atom. The molecule has 0 bridgehead atoms. The zero-order chi connectivity index (χ0) is 14.7. The number of ether oxygens (including phenoxy) is 1. The lowest BCUT2D eigenvalue weighted by molar-refractivity contribution is 0.305. The van der Waals surface area contributed by atoms with Crippen molar-refractivity contribution in [1.29, 1.82) is 0 Å². The summed E-state index contributed by atoms with van der Waals surface area (Å²) in [4.78, 5) is 0.405. The molecule has 2 rings (SSSR count). The lowest BCUT2D eigenvalue weighted by Gasteiger charge is -2.11. The molecule has 0 spiro atoms. The van der Waals surface area contributed by atoms with E-state index in [1.807, 2.05) is 50.2 Å². The monoisotopic (exact) mass is 305 g/mol. The third-order valence-corrected chi connectivity index (χ3v) is 3.64. The molecular weight excluding hydrogens is 290 g/mol. The van der Waals surface area contributed by atoms with E-state index >= 15 is 0 Å². The lowest BCUT2D eigenvalue weighted by atomic mass is 10.1. The first kappa shape index (κ1) is 14.8. The summed E-state index contributed by atoms with van der Waals surface area (Å²) in [6.07, 6.45) is 0. The highest BCUT2D eigenvalue weighted by molar-refractivity contribution is 7.80. The van der Waals surface area contributed by atoms with Crippen molar-refractivity contribution >= 4 is 28.8 Å². The molecule has 0 saturated heterocycles. The third-order valence-electron chi connectivity index (χ3n) is 3.10. The fourth-order valence-electron chi connectivity index (χ4n) is 1.89. The van der Waals surface area contributed by atoms with E-state index in [9.17, 15) is 0 Å². The molecule has 0 saturated carbocycles. The Kier molecular flexibility index (Phi) is 4.63. The normalized spacial score (nSPS) is 10.3. The third kappa shape index (κ3) is 3.50. The quantitative estimate of drug-likeness (QED) is 0.861. The number of aryl methyl sites for hydroxylation is 2. The Morgan fingerprint density at radius 1 is 1.20 bits per heavy atom. The molecule has 0 heterocycles. The molecule has 0 atom stereocenters. The summed E-state index contributed by atoms with van der Waals surface area (Å²) in [6, 6.07) is 11.6. The molecule has 20 heavy (non-hydrogen) atoms. The van der Waals surface area contributed by atoms with Gasteiger partial charge < -0.3 is 10.5 Å². The minimum absolute atomic E-state index is 0.405. The van der Waals surface area contributed by atoms with E-state index in [0.29, 0.717) is 22.4 Å². The molecule has 104 valence electrons. The molecule has 0 amide bonds. The first-order valence-corrected chi connectivity index (χ1v) is 7.04. The number of hydrogen-bond acceptors (Lipinski definition) is 2. The van der Waals surface area contributed by atoms with Crippen molar-refractivity contribution in [3.8, 4) is 5.75 Å². The first-order valence-electron chi connectivity index (χ1n) is 6.25. The van der Waals surface area contributed by atoms with Gasteiger partial charge >= 0.3 is 0 Å². The number of nitrogens with two attached hydrogens (primary N) is 1. The molecule has 0 aromatic heterocycles. The van der Waals surface area contributed by atoms with Crippen LogP contribution in [0.1, 0.15) is 22.3 Å². The average Bonchev–Trinajstić information content (AvgIpc) is 2.40. The summed E-state index contributed by atoms with van der Waals surface area (Å²) in [6.45, 7) is 4.48. The maximum Gasteiger partial charge on any atom is 0.138 e. The largest absolute Gasteiger partial charge is 0.487 e. The SMILES string of the molecule is Cc1ccc(Cl)c(OCc2ccc(C(N)=S)cc2C)c1. The fourth-order valence-corrected chi connectivity index (χ4v) is 2.19. The standard InChI is InChI=1S/C16H16ClNOS/c1-10-3-6-14(17)15(7-10)19-9-13-5-4-12(16(18)20)8-11(13)2/h3-8H,9H2,1-2H3,(H2,18,20). The van der Waals surface area contributed by atoms with Gasteiger partial charge in [-0.2, -0.15) is 0 Å². The number of benzene rings is 2. The van der Waals surface area contributed by atoms with Crippen LogP contribution in [0.25, 0.3) is 0 Å². The highest BCUT2D eigenvalue weighted by atomic mass is 35.5. The lowest BCUT2D eigenvalue weighted by Crippen LogP contribution is -2.10. The van der Waals surface area contributed by atoms with Crippen LogP contribution < -0.4 is 10.5 Å². The first-order chi connectivity index (χ1) is 9.47. The van der Waals surface area contributed by atoms with Gasteiger partial charge in [0, 0.05) is 5.56 Å². The van der Waals surface area contributed by atoms with Gasteiger partial charge in [-0.1, -0.05) is 42.0 Å². The summed E-state index contributed by atoms with van der Waals surface area (Å²) in [5.41, 5.74) is 9.78. The molecule has 0 aliphatic carbocycles. The number of hydrogen-bond donors (Lipinski definition) is 1. The molecule has 0 aliphatic heterocycles. The predicted molar refractivity (Wildman–Crippen MR) is 87.6 cm³/mol. The molecular formula is C16H16ClNOS. The molecule has 2 aromatic rings. The second-order valence-corrected chi connectivity index (χ2v) is 5.58. The van der Waals surface area contributed by atoms with Gasteiger partial charge in [0.25, 0.3) is 0 Å². The molecule has 2 N–H and O–H groups in total. The van der Waals surface area contributed by atoms with Crippen molar-refractivity contribution in [1.82, 2.24) is 0 Å². The Labute approximate surface area is 129 Å². The Bertz CT molecular complexity index is 655. The van der Waals surface area contributed by atoms with E-state index < -0.39 is 0 Å². The Hall–Kier alpha value is -1.58. The van der Waals surface area contributed by atoms with Gasteiger partial charge in [-0.25, -0.2) is 0 Å². The molecule has 2 aromatic carbocycles. The van der Waals surface area contributed by atoms with Crippen LogP contribution in [0, 0.1) is 13.8 Å². The zero-order valence-electron chi connectivity index (χ0n) is 11.4. The second-order valence-electron chi connectivity index (χ2n) is 4.73. The Balaban J connectivity index is 2.15. The molecule has 4 heteroatoms. The smallest absolute Gasteiger partial charge is 0.138 e. The van der Waals surface area contributed by atoms with Gasteiger partial charge in [-0.15, -0.1) is 0 Å². The van der Waals surface area contributed by atoms with Crippen molar-refractivity contribution in [2.45, 2.75) is 20.5 Å². The number of rotatable bonds is 4. The van der Waals surface area contributed by atoms with Crippen molar-refractivity contribution in [2.24, 2.45) is 5.73 Å². The molecule has 0 radical (unpaired) electrons. The van der Waals surface area contributed by atoms with Crippen LogP contribution in [0.2, 0.25) is 5.02 Å². The Morgan fingerprint density at radius 3 is 2.60 bits per heavy atom.